The first-order valence-corrected chi connectivity index (χ1v) is 7.77. The Bertz CT molecular complexity index is 533. The van der Waals surface area contributed by atoms with Crippen molar-refractivity contribution in [3.05, 3.63) is 17.3 Å². The summed E-state index contributed by atoms with van der Waals surface area (Å²) >= 11 is 0. The standard InChI is InChI=1S/C15H23N5O/c1-3-16-14-9-11-10-20(8-6-12(11)17-18-14)15(21)13-5-4-7-19(13)2/h9,13H,3-8,10H2,1-2H3,(H,16,18)/t13-/m1/s1. The minimum Gasteiger partial charge on any atom is -0.369 e. The van der Waals surface area contributed by atoms with E-state index in [-0.39, 0.29) is 11.9 Å². The molecule has 3 heterocycles. The quantitative estimate of drug-likeness (QED) is 0.895. The van der Waals surface area contributed by atoms with E-state index in [1.807, 2.05) is 24.9 Å². The van der Waals surface area contributed by atoms with Crippen LogP contribution in [-0.4, -0.2) is 58.6 Å². The number of likely N-dealkylation sites (tertiary alicyclic amines) is 1. The molecule has 2 aliphatic rings. The minimum atomic E-state index is 0.0644. The summed E-state index contributed by atoms with van der Waals surface area (Å²) in [4.78, 5) is 16.8. The van der Waals surface area contributed by atoms with Crippen molar-refractivity contribution in [1.29, 1.82) is 0 Å². The number of nitrogens with one attached hydrogen (secondary N) is 1. The smallest absolute Gasteiger partial charge is 0.240 e. The Morgan fingerprint density at radius 1 is 1.43 bits per heavy atom. The number of amides is 1. The van der Waals surface area contributed by atoms with Gasteiger partial charge in [0.1, 0.15) is 5.82 Å². The Hall–Kier alpha value is -1.69. The van der Waals surface area contributed by atoms with E-state index in [9.17, 15) is 4.79 Å². The van der Waals surface area contributed by atoms with Gasteiger partial charge in [-0.05, 0) is 45.0 Å². The van der Waals surface area contributed by atoms with E-state index in [0.717, 1.165) is 56.0 Å². The average molecular weight is 289 g/mol. The minimum absolute atomic E-state index is 0.0644. The molecule has 3 rings (SSSR count). The normalized spacial score (nSPS) is 22.2. The zero-order valence-corrected chi connectivity index (χ0v) is 12.8. The van der Waals surface area contributed by atoms with Gasteiger partial charge in [0.05, 0.1) is 11.7 Å². The predicted octanol–water partition coefficient (Wildman–Crippen LogP) is 0.887. The van der Waals surface area contributed by atoms with Crippen molar-refractivity contribution >= 4 is 11.7 Å². The molecule has 114 valence electrons. The molecule has 1 aromatic rings. The van der Waals surface area contributed by atoms with E-state index in [1.54, 1.807) is 0 Å². The van der Waals surface area contributed by atoms with Crippen molar-refractivity contribution in [2.45, 2.75) is 38.8 Å². The van der Waals surface area contributed by atoms with Crippen molar-refractivity contribution < 1.29 is 4.79 Å². The lowest BCUT2D eigenvalue weighted by Gasteiger charge is -2.32. The fourth-order valence-electron chi connectivity index (χ4n) is 3.22. The van der Waals surface area contributed by atoms with E-state index in [2.05, 4.69) is 20.4 Å². The number of carbonyl (C=O) groups excluding carboxylic acids is 1. The zero-order valence-electron chi connectivity index (χ0n) is 12.8. The third kappa shape index (κ3) is 2.85. The summed E-state index contributed by atoms with van der Waals surface area (Å²) in [7, 11) is 2.04. The van der Waals surface area contributed by atoms with Crippen LogP contribution in [0.4, 0.5) is 5.82 Å². The summed E-state index contributed by atoms with van der Waals surface area (Å²) < 4.78 is 0. The SMILES string of the molecule is CCNc1cc2c(nn1)CCN(C(=O)[C@H]1CCCN1C)C2. The van der Waals surface area contributed by atoms with Crippen LogP contribution in [0.2, 0.25) is 0 Å². The monoisotopic (exact) mass is 289 g/mol. The summed E-state index contributed by atoms with van der Waals surface area (Å²) in [6.45, 7) is 5.30. The maximum atomic E-state index is 12.7. The molecule has 0 bridgehead atoms. The Morgan fingerprint density at radius 3 is 3.00 bits per heavy atom. The lowest BCUT2D eigenvalue weighted by atomic mass is 10.0. The van der Waals surface area contributed by atoms with Crippen molar-refractivity contribution in [2.75, 3.05) is 32.0 Å². The number of hydrogen-bond donors (Lipinski definition) is 1. The molecule has 1 atom stereocenters. The Balaban J connectivity index is 1.73. The Morgan fingerprint density at radius 2 is 2.29 bits per heavy atom. The molecule has 1 fully saturated rings. The second-order valence-corrected chi connectivity index (χ2v) is 5.88. The molecule has 0 aliphatic carbocycles. The number of likely N-dealkylation sites (N-methyl/N-ethyl adjacent to an activating group) is 1. The summed E-state index contributed by atoms with van der Waals surface area (Å²) in [5, 5.41) is 11.6. The van der Waals surface area contributed by atoms with Crippen LogP contribution >= 0.6 is 0 Å². The van der Waals surface area contributed by atoms with Gasteiger partial charge in [0.15, 0.2) is 0 Å². The highest BCUT2D eigenvalue weighted by Gasteiger charge is 2.33. The molecule has 0 saturated carbocycles. The number of anilines is 1. The summed E-state index contributed by atoms with van der Waals surface area (Å²) in [6.07, 6.45) is 2.90. The van der Waals surface area contributed by atoms with Gasteiger partial charge in [-0.2, -0.15) is 5.10 Å². The first-order valence-electron chi connectivity index (χ1n) is 7.77. The van der Waals surface area contributed by atoms with Gasteiger partial charge in [0.25, 0.3) is 0 Å². The van der Waals surface area contributed by atoms with Crippen LogP contribution in [-0.2, 0) is 17.8 Å². The number of carbonyl (C=O) groups is 1. The van der Waals surface area contributed by atoms with Crippen molar-refractivity contribution in [2.24, 2.45) is 0 Å². The molecule has 1 saturated heterocycles. The van der Waals surface area contributed by atoms with Gasteiger partial charge < -0.3 is 10.2 Å². The predicted molar refractivity (Wildman–Crippen MR) is 81.0 cm³/mol. The topological polar surface area (TPSA) is 61.4 Å². The van der Waals surface area contributed by atoms with Crippen molar-refractivity contribution in [3.63, 3.8) is 0 Å². The largest absolute Gasteiger partial charge is 0.369 e. The molecule has 0 unspecified atom stereocenters. The number of hydrogen-bond acceptors (Lipinski definition) is 5. The van der Waals surface area contributed by atoms with Gasteiger partial charge in [-0.15, -0.1) is 5.10 Å². The van der Waals surface area contributed by atoms with Crippen LogP contribution in [0.25, 0.3) is 0 Å². The molecule has 0 aromatic carbocycles. The van der Waals surface area contributed by atoms with Crippen molar-refractivity contribution in [3.8, 4) is 0 Å². The third-order valence-electron chi connectivity index (χ3n) is 4.41. The van der Waals surface area contributed by atoms with E-state index in [0.29, 0.717) is 6.54 Å². The van der Waals surface area contributed by atoms with Gasteiger partial charge in [-0.25, -0.2) is 0 Å². The molecule has 0 radical (unpaired) electrons. The highest BCUT2D eigenvalue weighted by atomic mass is 16.2. The third-order valence-corrected chi connectivity index (χ3v) is 4.41. The molecule has 6 heteroatoms. The van der Waals surface area contributed by atoms with Crippen LogP contribution in [0, 0.1) is 0 Å². The van der Waals surface area contributed by atoms with E-state index in [4.69, 9.17) is 0 Å². The zero-order chi connectivity index (χ0) is 14.8. The molecule has 1 aromatic heterocycles. The summed E-state index contributed by atoms with van der Waals surface area (Å²) in [6, 6.07) is 2.10. The molecule has 1 N–H and O–H groups in total. The highest BCUT2D eigenvalue weighted by molar-refractivity contribution is 5.82. The van der Waals surface area contributed by atoms with Gasteiger partial charge in [0, 0.05) is 26.1 Å². The van der Waals surface area contributed by atoms with E-state index >= 15 is 0 Å². The van der Waals surface area contributed by atoms with Gasteiger partial charge in [0.2, 0.25) is 5.91 Å². The fourth-order valence-corrected chi connectivity index (χ4v) is 3.22. The second kappa shape index (κ2) is 5.97. The van der Waals surface area contributed by atoms with Crippen LogP contribution in [0.15, 0.2) is 6.07 Å². The van der Waals surface area contributed by atoms with Gasteiger partial charge in [-0.3, -0.25) is 9.69 Å². The number of aromatic nitrogens is 2. The molecule has 21 heavy (non-hydrogen) atoms. The molecule has 1 amide bonds. The second-order valence-electron chi connectivity index (χ2n) is 5.88. The van der Waals surface area contributed by atoms with E-state index in [1.165, 1.54) is 0 Å². The molecule has 2 aliphatic heterocycles. The fraction of sp³-hybridized carbons (Fsp3) is 0.667. The van der Waals surface area contributed by atoms with E-state index < -0.39 is 0 Å². The van der Waals surface area contributed by atoms with Crippen LogP contribution < -0.4 is 5.32 Å². The molecule has 0 spiro atoms. The maximum Gasteiger partial charge on any atom is 0.240 e. The lowest BCUT2D eigenvalue weighted by molar-refractivity contribution is -0.136. The summed E-state index contributed by atoms with van der Waals surface area (Å²) in [5.74, 6) is 1.06. The molecular weight excluding hydrogens is 266 g/mol. The first kappa shape index (κ1) is 14.3. The van der Waals surface area contributed by atoms with Crippen LogP contribution in [0.1, 0.15) is 31.0 Å². The number of rotatable bonds is 3. The van der Waals surface area contributed by atoms with Gasteiger partial charge in [-0.1, -0.05) is 0 Å². The Labute approximate surface area is 125 Å². The van der Waals surface area contributed by atoms with Gasteiger partial charge >= 0.3 is 0 Å². The van der Waals surface area contributed by atoms with Crippen molar-refractivity contribution in [1.82, 2.24) is 20.0 Å². The molecular formula is C15H23N5O. The molecule has 6 nitrogen and oxygen atoms in total. The highest BCUT2D eigenvalue weighted by Crippen LogP contribution is 2.23. The van der Waals surface area contributed by atoms with Crippen LogP contribution in [0.3, 0.4) is 0 Å². The lowest BCUT2D eigenvalue weighted by Crippen LogP contribution is -2.46. The number of fused-ring (bicyclic) bond motifs is 1. The summed E-state index contributed by atoms with van der Waals surface area (Å²) in [5.41, 5.74) is 2.15. The first-order chi connectivity index (χ1) is 10.2. The van der Waals surface area contributed by atoms with Crippen LogP contribution in [0.5, 0.6) is 0 Å². The maximum absolute atomic E-state index is 12.7. The Kier molecular flexibility index (Phi) is 4.05. The average Bonchev–Trinajstić information content (AvgIpc) is 2.92. The number of nitrogens with zero attached hydrogens (tertiary/aromatic N) is 4.